The molecule has 5 nitrogen and oxygen atoms in total. The molecule has 4 heterocycles. The molecule has 6 heteroatoms. The van der Waals surface area contributed by atoms with Crippen molar-refractivity contribution < 1.29 is 0 Å². The van der Waals surface area contributed by atoms with Crippen molar-refractivity contribution in [2.45, 2.75) is 0 Å². The van der Waals surface area contributed by atoms with Crippen molar-refractivity contribution in [1.82, 2.24) is 24.1 Å². The second kappa shape index (κ2) is 10.9. The van der Waals surface area contributed by atoms with Gasteiger partial charge in [0, 0.05) is 58.5 Å². The summed E-state index contributed by atoms with van der Waals surface area (Å²) in [6.07, 6.45) is 0. The summed E-state index contributed by atoms with van der Waals surface area (Å²) >= 11 is 1.79. The maximum absolute atomic E-state index is 5.39. The van der Waals surface area contributed by atoms with Crippen molar-refractivity contribution in [1.29, 1.82) is 0 Å². The zero-order chi connectivity index (χ0) is 33.5. The third-order valence-corrected chi connectivity index (χ3v) is 11.2. The molecule has 7 aromatic carbocycles. The molecule has 0 atom stereocenters. The third kappa shape index (κ3) is 4.17. The highest BCUT2D eigenvalue weighted by atomic mass is 32.1. The Labute approximate surface area is 296 Å². The lowest BCUT2D eigenvalue weighted by molar-refractivity contribution is 0.954. The molecule has 0 radical (unpaired) electrons. The van der Waals surface area contributed by atoms with Gasteiger partial charge in [-0.1, -0.05) is 127 Å². The molecule has 0 saturated heterocycles. The predicted octanol–water partition coefficient (Wildman–Crippen LogP) is 11.8. The van der Waals surface area contributed by atoms with Crippen molar-refractivity contribution in [3.8, 4) is 34.4 Å². The van der Waals surface area contributed by atoms with E-state index in [1.807, 2.05) is 18.2 Å². The summed E-state index contributed by atoms with van der Waals surface area (Å²) in [5.41, 5.74) is 7.41. The van der Waals surface area contributed by atoms with Gasteiger partial charge in [-0.2, -0.15) is 9.97 Å². The predicted molar refractivity (Wildman–Crippen MR) is 212 cm³/mol. The summed E-state index contributed by atoms with van der Waals surface area (Å²) in [5.74, 6) is 1.87. The van der Waals surface area contributed by atoms with Crippen molar-refractivity contribution in [3.05, 3.63) is 164 Å². The molecule has 0 fully saturated rings. The lowest BCUT2D eigenvalue weighted by Crippen LogP contribution is -2.07. The fraction of sp³-hybridized carbons (Fsp3) is 0. The van der Waals surface area contributed by atoms with E-state index in [0.717, 1.165) is 49.7 Å². The zero-order valence-corrected chi connectivity index (χ0v) is 28.0. The Hall–Kier alpha value is -6.63. The molecule has 0 amide bonds. The molecular formula is C45H27N5S. The van der Waals surface area contributed by atoms with Gasteiger partial charge in [0.05, 0.1) is 22.1 Å². The van der Waals surface area contributed by atoms with Gasteiger partial charge in [0.2, 0.25) is 5.95 Å². The zero-order valence-electron chi connectivity index (χ0n) is 27.2. The summed E-state index contributed by atoms with van der Waals surface area (Å²) in [6.45, 7) is 0. The highest BCUT2D eigenvalue weighted by molar-refractivity contribution is 7.26. The first-order chi connectivity index (χ1) is 25.3. The smallest absolute Gasteiger partial charge is 0.238 e. The highest BCUT2D eigenvalue weighted by Crippen LogP contribution is 2.43. The van der Waals surface area contributed by atoms with Crippen LogP contribution in [0.25, 0.3) is 98.2 Å². The molecule has 0 saturated carbocycles. The minimum absolute atomic E-state index is 0.584. The first-order valence-electron chi connectivity index (χ1n) is 17.0. The highest BCUT2D eigenvalue weighted by Gasteiger charge is 2.24. The Kier molecular flexibility index (Phi) is 6.05. The van der Waals surface area contributed by atoms with E-state index in [4.69, 9.17) is 15.0 Å². The van der Waals surface area contributed by atoms with Crippen LogP contribution >= 0.6 is 11.3 Å². The van der Waals surface area contributed by atoms with E-state index in [-0.39, 0.29) is 0 Å². The number of hydrogen-bond donors (Lipinski definition) is 0. The van der Waals surface area contributed by atoms with Crippen LogP contribution in [0.2, 0.25) is 0 Å². The van der Waals surface area contributed by atoms with Gasteiger partial charge in [-0.3, -0.25) is 4.57 Å². The molecule has 51 heavy (non-hydrogen) atoms. The first-order valence-corrected chi connectivity index (χ1v) is 17.9. The van der Waals surface area contributed by atoms with E-state index < -0.39 is 0 Å². The largest absolute Gasteiger partial charge is 0.307 e. The molecule has 4 aromatic heterocycles. The van der Waals surface area contributed by atoms with E-state index in [2.05, 4.69) is 155 Å². The van der Waals surface area contributed by atoms with Gasteiger partial charge in [0.15, 0.2) is 11.6 Å². The molecular weight excluding hydrogens is 643 g/mol. The standard InChI is InChI=1S/C45H27N5S/c1-3-14-28(15-4-1)43-46-44(36-22-13-21-35-32-20-9-12-25-39(32)51-42(35)36)48-45(47-43)50-38-24-11-8-19-31(38)34-27-26-33-30-18-7-10-23-37(30)49(40(33)41(34)50)29-16-5-2-6-17-29/h1-27H. The van der Waals surface area contributed by atoms with Crippen LogP contribution in [0.1, 0.15) is 0 Å². The lowest BCUT2D eigenvalue weighted by atomic mass is 10.1. The summed E-state index contributed by atoms with van der Waals surface area (Å²) in [4.78, 5) is 15.9. The average molecular weight is 670 g/mol. The number of para-hydroxylation sites is 3. The van der Waals surface area contributed by atoms with Gasteiger partial charge in [0.1, 0.15) is 0 Å². The number of hydrogen-bond acceptors (Lipinski definition) is 4. The van der Waals surface area contributed by atoms with E-state index in [1.165, 1.54) is 30.9 Å². The quantitative estimate of drug-likeness (QED) is 0.187. The van der Waals surface area contributed by atoms with Crippen LogP contribution in [0.4, 0.5) is 0 Å². The monoisotopic (exact) mass is 669 g/mol. The lowest BCUT2D eigenvalue weighted by Gasteiger charge is -2.13. The molecule has 0 N–H and O–H groups in total. The number of fused-ring (bicyclic) bond motifs is 10. The molecule has 238 valence electrons. The minimum Gasteiger partial charge on any atom is -0.307 e. The first kappa shape index (κ1) is 28.2. The molecule has 0 spiro atoms. The summed E-state index contributed by atoms with van der Waals surface area (Å²) in [7, 11) is 0. The van der Waals surface area contributed by atoms with E-state index in [0.29, 0.717) is 17.6 Å². The van der Waals surface area contributed by atoms with Crippen molar-refractivity contribution >= 4 is 75.1 Å². The van der Waals surface area contributed by atoms with E-state index in [1.54, 1.807) is 11.3 Å². The summed E-state index contributed by atoms with van der Waals surface area (Å²) < 4.78 is 7.06. The molecule has 0 bridgehead atoms. The van der Waals surface area contributed by atoms with Crippen molar-refractivity contribution in [3.63, 3.8) is 0 Å². The van der Waals surface area contributed by atoms with Gasteiger partial charge < -0.3 is 4.57 Å². The van der Waals surface area contributed by atoms with Gasteiger partial charge in [-0.05, 0) is 36.4 Å². The Morgan fingerprint density at radius 3 is 1.71 bits per heavy atom. The fourth-order valence-electron chi connectivity index (χ4n) is 7.78. The van der Waals surface area contributed by atoms with Gasteiger partial charge >= 0.3 is 0 Å². The third-order valence-electron chi connectivity index (χ3n) is 9.98. The molecule has 0 unspecified atom stereocenters. The van der Waals surface area contributed by atoms with Crippen molar-refractivity contribution in [2.24, 2.45) is 0 Å². The second-order valence-corrected chi connectivity index (χ2v) is 13.9. The maximum atomic E-state index is 5.39. The summed E-state index contributed by atoms with van der Waals surface area (Å²) in [5, 5.41) is 7.13. The number of benzene rings is 7. The van der Waals surface area contributed by atoms with Crippen LogP contribution < -0.4 is 0 Å². The Morgan fingerprint density at radius 1 is 0.392 bits per heavy atom. The maximum Gasteiger partial charge on any atom is 0.238 e. The Bertz CT molecular complexity index is 3140. The van der Waals surface area contributed by atoms with Crippen LogP contribution in [-0.2, 0) is 0 Å². The van der Waals surface area contributed by atoms with E-state index >= 15 is 0 Å². The number of aromatic nitrogens is 5. The van der Waals surface area contributed by atoms with Crippen molar-refractivity contribution in [2.75, 3.05) is 0 Å². The average Bonchev–Trinajstić information content (AvgIpc) is 3.86. The summed E-state index contributed by atoms with van der Waals surface area (Å²) in [6, 6.07) is 57.7. The fourth-order valence-corrected chi connectivity index (χ4v) is 8.99. The topological polar surface area (TPSA) is 48.5 Å². The Balaban J connectivity index is 1.30. The SMILES string of the molecule is c1ccc(-c2nc(-c3cccc4c3sc3ccccc34)nc(-n3c4ccccc4c4ccc5c6ccccc6n(-c6ccccc6)c5c43)n2)cc1. The number of nitrogens with zero attached hydrogens (tertiary/aromatic N) is 5. The van der Waals surface area contributed by atoms with Gasteiger partial charge in [-0.25, -0.2) is 4.98 Å². The van der Waals surface area contributed by atoms with Crippen LogP contribution in [0.15, 0.2) is 164 Å². The normalized spacial score (nSPS) is 11.9. The number of rotatable bonds is 4. The van der Waals surface area contributed by atoms with Gasteiger partial charge in [-0.15, -0.1) is 11.3 Å². The second-order valence-electron chi connectivity index (χ2n) is 12.8. The van der Waals surface area contributed by atoms with Gasteiger partial charge in [0.25, 0.3) is 0 Å². The molecule has 0 aliphatic carbocycles. The molecule has 11 rings (SSSR count). The molecule has 0 aliphatic rings. The Morgan fingerprint density at radius 2 is 0.961 bits per heavy atom. The molecule has 11 aromatic rings. The number of thiophene rings is 1. The minimum atomic E-state index is 0.584. The van der Waals surface area contributed by atoms with Crippen LogP contribution in [0.5, 0.6) is 0 Å². The van der Waals surface area contributed by atoms with Crippen LogP contribution in [0, 0.1) is 0 Å². The van der Waals surface area contributed by atoms with Crippen LogP contribution in [-0.4, -0.2) is 24.1 Å². The molecule has 0 aliphatic heterocycles. The van der Waals surface area contributed by atoms with E-state index in [9.17, 15) is 0 Å². The van der Waals surface area contributed by atoms with Crippen LogP contribution in [0.3, 0.4) is 0 Å².